The number of benzene rings is 1. The van der Waals surface area contributed by atoms with Crippen LogP contribution in [0.25, 0.3) is 0 Å². The maximum atomic E-state index is 12.9. The zero-order valence-corrected chi connectivity index (χ0v) is 16.6. The number of aryl methyl sites for hydroxylation is 1. The van der Waals surface area contributed by atoms with Crippen LogP contribution in [0.5, 0.6) is 0 Å². The molecule has 4 nitrogen and oxygen atoms in total. The van der Waals surface area contributed by atoms with E-state index in [0.29, 0.717) is 0 Å². The van der Waals surface area contributed by atoms with Crippen LogP contribution in [-0.4, -0.2) is 24.0 Å². The van der Waals surface area contributed by atoms with E-state index in [0.717, 1.165) is 38.0 Å². The Kier molecular flexibility index (Phi) is 9.06. The Balaban J connectivity index is 0.00000169. The van der Waals surface area contributed by atoms with E-state index in [4.69, 9.17) is 4.74 Å². The Hall–Kier alpha value is -1.62. The quantitative estimate of drug-likeness (QED) is 0.778. The van der Waals surface area contributed by atoms with E-state index in [1.807, 2.05) is 30.3 Å². The monoisotopic (exact) mass is 396 g/mol. The van der Waals surface area contributed by atoms with Crippen LogP contribution in [0.1, 0.15) is 29.7 Å². The number of halogens is 2. The number of nitrogens with one attached hydrogen (secondary N) is 1. The summed E-state index contributed by atoms with van der Waals surface area (Å²) in [6.07, 6.45) is 4.07. The van der Waals surface area contributed by atoms with Crippen molar-refractivity contribution in [3.63, 3.8) is 0 Å². The van der Waals surface area contributed by atoms with E-state index in [-0.39, 0.29) is 37.4 Å². The normalized spacial score (nSPS) is 15.3. The molecule has 0 amide bonds. The summed E-state index contributed by atoms with van der Waals surface area (Å²) in [5, 5.41) is 3.35. The highest BCUT2D eigenvalue weighted by Gasteiger charge is 2.41. The van der Waals surface area contributed by atoms with Gasteiger partial charge in [0.05, 0.1) is 11.1 Å². The number of piperidine rings is 1. The third kappa shape index (κ3) is 5.44. The lowest BCUT2D eigenvalue weighted by molar-refractivity contribution is -0.159. The van der Waals surface area contributed by atoms with Crippen molar-refractivity contribution in [3.05, 3.63) is 65.5 Å². The van der Waals surface area contributed by atoms with Crippen LogP contribution < -0.4 is 5.32 Å². The van der Waals surface area contributed by atoms with E-state index in [1.54, 1.807) is 6.20 Å². The van der Waals surface area contributed by atoms with Gasteiger partial charge in [-0.3, -0.25) is 9.78 Å². The minimum atomic E-state index is -0.438. The molecule has 0 aliphatic carbocycles. The molecule has 1 aromatic carbocycles. The molecule has 6 heteroatoms. The molecule has 1 aliphatic heterocycles. The number of hydrogen-bond donors (Lipinski definition) is 1. The van der Waals surface area contributed by atoms with Crippen LogP contribution in [0, 0.1) is 12.3 Å². The summed E-state index contributed by atoms with van der Waals surface area (Å²) in [5.74, 6) is -0.0992. The van der Waals surface area contributed by atoms with Crippen LogP contribution in [-0.2, 0) is 22.6 Å². The Bertz CT molecular complexity index is 689. The second-order valence-corrected chi connectivity index (χ2v) is 6.53. The van der Waals surface area contributed by atoms with Crippen molar-refractivity contribution in [3.8, 4) is 0 Å². The Morgan fingerprint density at radius 1 is 1.12 bits per heavy atom. The fraction of sp³-hybridized carbons (Fsp3) is 0.400. The molecule has 26 heavy (non-hydrogen) atoms. The number of nitrogens with zero attached hydrogens (tertiary/aromatic N) is 1. The molecule has 0 bridgehead atoms. The zero-order chi connectivity index (χ0) is 16.8. The van der Waals surface area contributed by atoms with Crippen LogP contribution in [0.15, 0.2) is 48.7 Å². The highest BCUT2D eigenvalue weighted by molar-refractivity contribution is 5.85. The summed E-state index contributed by atoms with van der Waals surface area (Å²) in [5.41, 5.74) is 2.81. The number of aromatic nitrogens is 1. The SMILES string of the molecule is Cc1ccccc1CC1(C(=O)OCc2ccccn2)CCNCC1.Cl.Cl. The van der Waals surface area contributed by atoms with Gasteiger partial charge in [0.25, 0.3) is 0 Å². The van der Waals surface area contributed by atoms with Crippen molar-refractivity contribution in [2.45, 2.75) is 32.8 Å². The van der Waals surface area contributed by atoms with Crippen molar-refractivity contribution < 1.29 is 9.53 Å². The van der Waals surface area contributed by atoms with E-state index >= 15 is 0 Å². The predicted octanol–water partition coefficient (Wildman–Crippen LogP) is 3.89. The summed E-state index contributed by atoms with van der Waals surface area (Å²) in [4.78, 5) is 17.2. The first kappa shape index (κ1) is 22.4. The summed E-state index contributed by atoms with van der Waals surface area (Å²) < 4.78 is 5.65. The van der Waals surface area contributed by atoms with Crippen LogP contribution in [0.2, 0.25) is 0 Å². The van der Waals surface area contributed by atoms with E-state index in [2.05, 4.69) is 29.4 Å². The lowest BCUT2D eigenvalue weighted by Gasteiger charge is -2.35. The lowest BCUT2D eigenvalue weighted by atomic mass is 9.73. The predicted molar refractivity (Wildman–Crippen MR) is 108 cm³/mol. The molecule has 0 radical (unpaired) electrons. The average molecular weight is 397 g/mol. The standard InChI is InChI=1S/C20H24N2O2.2ClH/c1-16-6-2-3-7-17(16)14-20(9-12-21-13-10-20)19(23)24-15-18-8-4-5-11-22-18;;/h2-8,11,21H,9-10,12-15H2,1H3;2*1H. The highest BCUT2D eigenvalue weighted by atomic mass is 35.5. The third-order valence-corrected chi connectivity index (χ3v) is 4.86. The first-order chi connectivity index (χ1) is 11.7. The summed E-state index contributed by atoms with van der Waals surface area (Å²) in [7, 11) is 0. The molecule has 1 N–H and O–H groups in total. The molecule has 0 saturated carbocycles. The fourth-order valence-corrected chi connectivity index (χ4v) is 3.31. The number of pyridine rings is 1. The molecular formula is C20H26Cl2N2O2. The number of esters is 1. The second kappa shape index (κ2) is 10.5. The van der Waals surface area contributed by atoms with Crippen LogP contribution in [0.4, 0.5) is 0 Å². The zero-order valence-electron chi connectivity index (χ0n) is 14.9. The minimum Gasteiger partial charge on any atom is -0.459 e. The van der Waals surface area contributed by atoms with Crippen molar-refractivity contribution in [1.29, 1.82) is 0 Å². The fourth-order valence-electron chi connectivity index (χ4n) is 3.31. The van der Waals surface area contributed by atoms with Crippen molar-refractivity contribution in [2.75, 3.05) is 13.1 Å². The van der Waals surface area contributed by atoms with Crippen molar-refractivity contribution >= 4 is 30.8 Å². The first-order valence-corrected chi connectivity index (χ1v) is 8.52. The molecule has 1 fully saturated rings. The maximum Gasteiger partial charge on any atom is 0.312 e. The topological polar surface area (TPSA) is 51.2 Å². The molecule has 2 aromatic rings. The van der Waals surface area contributed by atoms with E-state index in [1.165, 1.54) is 11.1 Å². The van der Waals surface area contributed by atoms with Gasteiger partial charge in [0, 0.05) is 6.20 Å². The summed E-state index contributed by atoms with van der Waals surface area (Å²) in [6, 6.07) is 13.9. The van der Waals surface area contributed by atoms with Gasteiger partial charge < -0.3 is 10.1 Å². The smallest absolute Gasteiger partial charge is 0.312 e. The van der Waals surface area contributed by atoms with Gasteiger partial charge in [-0.05, 0) is 62.5 Å². The van der Waals surface area contributed by atoms with E-state index in [9.17, 15) is 4.79 Å². The van der Waals surface area contributed by atoms with Crippen molar-refractivity contribution in [1.82, 2.24) is 10.3 Å². The number of carbonyl (C=O) groups is 1. The largest absolute Gasteiger partial charge is 0.459 e. The number of hydrogen-bond acceptors (Lipinski definition) is 4. The Labute approximate surface area is 167 Å². The molecule has 1 aliphatic rings. The van der Waals surface area contributed by atoms with Gasteiger partial charge in [-0.25, -0.2) is 0 Å². The van der Waals surface area contributed by atoms with Crippen molar-refractivity contribution in [2.24, 2.45) is 5.41 Å². The van der Waals surface area contributed by atoms with E-state index < -0.39 is 5.41 Å². The molecule has 0 atom stereocenters. The summed E-state index contributed by atoms with van der Waals surface area (Å²) in [6.45, 7) is 4.04. The molecule has 0 spiro atoms. The molecule has 2 heterocycles. The summed E-state index contributed by atoms with van der Waals surface area (Å²) >= 11 is 0. The molecule has 142 valence electrons. The average Bonchev–Trinajstić information content (AvgIpc) is 2.63. The van der Waals surface area contributed by atoms with Gasteiger partial charge in [0.15, 0.2) is 0 Å². The number of carbonyl (C=O) groups excluding carboxylic acids is 1. The Morgan fingerprint density at radius 2 is 1.81 bits per heavy atom. The van der Waals surface area contributed by atoms with Gasteiger partial charge in [0.1, 0.15) is 6.61 Å². The van der Waals surface area contributed by atoms with Crippen LogP contribution in [0.3, 0.4) is 0 Å². The molecule has 1 saturated heterocycles. The van der Waals surface area contributed by atoms with Gasteiger partial charge >= 0.3 is 5.97 Å². The molecule has 1 aromatic heterocycles. The highest BCUT2D eigenvalue weighted by Crippen LogP contribution is 2.35. The third-order valence-electron chi connectivity index (χ3n) is 4.86. The molecular weight excluding hydrogens is 371 g/mol. The molecule has 3 rings (SSSR count). The Morgan fingerprint density at radius 3 is 2.46 bits per heavy atom. The lowest BCUT2D eigenvalue weighted by Crippen LogP contribution is -2.44. The van der Waals surface area contributed by atoms with Crippen LogP contribution >= 0.6 is 24.8 Å². The first-order valence-electron chi connectivity index (χ1n) is 8.52. The minimum absolute atomic E-state index is 0. The van der Waals surface area contributed by atoms with Gasteiger partial charge in [-0.2, -0.15) is 0 Å². The van der Waals surface area contributed by atoms with Gasteiger partial charge in [-0.1, -0.05) is 30.3 Å². The number of ether oxygens (including phenoxy) is 1. The molecule has 0 unspecified atom stereocenters. The number of rotatable bonds is 5. The second-order valence-electron chi connectivity index (χ2n) is 6.53. The maximum absolute atomic E-state index is 12.9. The van der Waals surface area contributed by atoms with Gasteiger partial charge in [0.2, 0.25) is 0 Å². The van der Waals surface area contributed by atoms with Gasteiger partial charge in [-0.15, -0.1) is 24.8 Å².